The van der Waals surface area contributed by atoms with E-state index < -0.39 is 0 Å². The Bertz CT molecular complexity index is 138. The Balaban J connectivity index is 2.36. The van der Waals surface area contributed by atoms with Gasteiger partial charge in [0, 0.05) is 0 Å². The average molecular weight is 223 g/mol. The Morgan fingerprint density at radius 2 is 1.75 bits per heavy atom. The van der Waals surface area contributed by atoms with Crippen molar-refractivity contribution in [1.29, 1.82) is 0 Å². The van der Waals surface area contributed by atoms with Gasteiger partial charge in [-0.2, -0.15) is 8.81 Å². The SMILES string of the molecule is CC(C)(C)C1CSC(P[O-])SC1. The highest BCUT2D eigenvalue weighted by Crippen LogP contribution is 2.45. The van der Waals surface area contributed by atoms with Crippen molar-refractivity contribution in [2.24, 2.45) is 11.3 Å². The number of thioether (sulfide) groups is 2. The van der Waals surface area contributed by atoms with E-state index in [9.17, 15) is 4.89 Å². The quantitative estimate of drug-likeness (QED) is 0.637. The Hall–Kier alpha value is 1.09. The summed E-state index contributed by atoms with van der Waals surface area (Å²) in [6, 6.07) is 0. The second-order valence-corrected chi connectivity index (χ2v) is 8.40. The summed E-state index contributed by atoms with van der Waals surface area (Å²) in [5.74, 6) is 3.13. The van der Waals surface area contributed by atoms with Crippen molar-refractivity contribution in [1.82, 2.24) is 0 Å². The molecule has 72 valence electrons. The van der Waals surface area contributed by atoms with Gasteiger partial charge in [-0.05, 0) is 22.8 Å². The predicted molar refractivity (Wildman–Crippen MR) is 60.0 cm³/mol. The van der Waals surface area contributed by atoms with Gasteiger partial charge in [-0.3, -0.25) is 0 Å². The molecule has 1 heterocycles. The third-order valence-corrected chi connectivity index (χ3v) is 6.60. The van der Waals surface area contributed by atoms with Gasteiger partial charge >= 0.3 is 0 Å². The van der Waals surface area contributed by atoms with Crippen LogP contribution in [-0.4, -0.2) is 15.8 Å². The van der Waals surface area contributed by atoms with Crippen LogP contribution in [0.25, 0.3) is 0 Å². The molecule has 1 rings (SSSR count). The molecule has 0 N–H and O–H groups in total. The fourth-order valence-electron chi connectivity index (χ4n) is 1.07. The van der Waals surface area contributed by atoms with Gasteiger partial charge in [0.05, 0.1) is 4.32 Å². The lowest BCUT2D eigenvalue weighted by Crippen LogP contribution is -2.28. The molecule has 0 radical (unpaired) electrons. The molecule has 1 aliphatic rings. The van der Waals surface area contributed by atoms with E-state index in [4.69, 9.17) is 0 Å². The molecule has 1 aliphatic heterocycles. The lowest BCUT2D eigenvalue weighted by atomic mass is 9.83. The lowest BCUT2D eigenvalue weighted by molar-refractivity contribution is -0.149. The Morgan fingerprint density at radius 1 is 1.25 bits per heavy atom. The first-order chi connectivity index (χ1) is 5.54. The largest absolute Gasteiger partial charge is 0.830 e. The third-order valence-electron chi connectivity index (χ3n) is 2.22. The van der Waals surface area contributed by atoms with E-state index in [0.29, 0.717) is 9.74 Å². The third kappa shape index (κ3) is 3.10. The maximum atomic E-state index is 10.6. The van der Waals surface area contributed by atoms with E-state index in [1.807, 2.05) is 23.5 Å². The van der Waals surface area contributed by atoms with Gasteiger partial charge in [0.25, 0.3) is 0 Å². The monoisotopic (exact) mass is 223 g/mol. The van der Waals surface area contributed by atoms with Gasteiger partial charge in [0.2, 0.25) is 0 Å². The molecule has 0 amide bonds. The van der Waals surface area contributed by atoms with Crippen LogP contribution in [0.4, 0.5) is 0 Å². The minimum absolute atomic E-state index is 0.144. The van der Waals surface area contributed by atoms with E-state index in [2.05, 4.69) is 20.8 Å². The van der Waals surface area contributed by atoms with E-state index in [1.165, 1.54) is 11.5 Å². The molecular formula is C8H16OPS2-. The molecule has 0 aromatic heterocycles. The Morgan fingerprint density at radius 3 is 2.08 bits per heavy atom. The fourth-order valence-corrected chi connectivity index (χ4v) is 5.25. The molecule has 0 spiro atoms. The molecule has 12 heavy (non-hydrogen) atoms. The topological polar surface area (TPSA) is 23.1 Å². The summed E-state index contributed by atoms with van der Waals surface area (Å²) >= 11 is 3.72. The van der Waals surface area contributed by atoms with Gasteiger partial charge in [-0.25, -0.2) is 0 Å². The molecule has 0 bridgehead atoms. The fraction of sp³-hybridized carbons (Fsp3) is 1.00. The summed E-state index contributed by atoms with van der Waals surface area (Å²) in [4.78, 5) is 10.6. The summed E-state index contributed by atoms with van der Waals surface area (Å²) in [5, 5.41) is 0. The minimum atomic E-state index is -0.144. The summed E-state index contributed by atoms with van der Waals surface area (Å²) in [7, 11) is -0.144. The number of hydrogen-bond acceptors (Lipinski definition) is 3. The van der Waals surface area contributed by atoms with E-state index in [0.717, 1.165) is 5.92 Å². The Labute approximate surface area is 85.3 Å². The van der Waals surface area contributed by atoms with Gasteiger partial charge in [0.1, 0.15) is 0 Å². The highest BCUT2D eigenvalue weighted by molar-refractivity contribution is 8.22. The summed E-state index contributed by atoms with van der Waals surface area (Å²) < 4.78 is 0.351. The minimum Gasteiger partial charge on any atom is -0.830 e. The van der Waals surface area contributed by atoms with Crippen molar-refractivity contribution in [2.75, 3.05) is 11.5 Å². The van der Waals surface area contributed by atoms with Crippen LogP contribution in [0.3, 0.4) is 0 Å². The molecule has 0 aromatic carbocycles. The van der Waals surface area contributed by atoms with Crippen LogP contribution in [0.1, 0.15) is 20.8 Å². The van der Waals surface area contributed by atoms with E-state index in [-0.39, 0.29) is 8.81 Å². The van der Waals surface area contributed by atoms with Crippen LogP contribution in [0.15, 0.2) is 0 Å². The van der Waals surface area contributed by atoms with Crippen LogP contribution < -0.4 is 4.89 Å². The predicted octanol–water partition coefficient (Wildman–Crippen LogP) is 2.37. The smallest absolute Gasteiger partial charge is 0.0521 e. The first-order valence-corrected chi connectivity index (χ1v) is 7.23. The van der Waals surface area contributed by atoms with Crippen LogP contribution >= 0.6 is 32.3 Å². The van der Waals surface area contributed by atoms with Crippen LogP contribution in [0.5, 0.6) is 0 Å². The molecule has 1 fully saturated rings. The molecule has 0 aliphatic carbocycles. The zero-order valence-electron chi connectivity index (χ0n) is 7.79. The average Bonchev–Trinajstić information content (AvgIpc) is 2.03. The van der Waals surface area contributed by atoms with Crippen LogP contribution in [-0.2, 0) is 0 Å². The highest BCUT2D eigenvalue weighted by atomic mass is 32.2. The summed E-state index contributed by atoms with van der Waals surface area (Å²) in [6.07, 6.45) is 0. The zero-order chi connectivity index (χ0) is 9.19. The second-order valence-electron chi connectivity index (χ2n) is 4.18. The standard InChI is InChI=1S/C8H16OPS2/c1-8(2,3)6-4-11-7(10-9)12-5-6/h6-7,10H,4-5H2,1-3H3/q-1. The normalized spacial score (nSPS) is 33.0. The van der Waals surface area contributed by atoms with Crippen molar-refractivity contribution in [3.63, 3.8) is 0 Å². The molecule has 1 saturated heterocycles. The molecule has 1 unspecified atom stereocenters. The molecule has 0 saturated carbocycles. The van der Waals surface area contributed by atoms with Crippen molar-refractivity contribution in [2.45, 2.75) is 25.1 Å². The summed E-state index contributed by atoms with van der Waals surface area (Å²) in [5.41, 5.74) is 0.414. The molecule has 0 aromatic rings. The van der Waals surface area contributed by atoms with Crippen molar-refractivity contribution in [3.8, 4) is 0 Å². The van der Waals surface area contributed by atoms with Crippen molar-refractivity contribution < 1.29 is 4.89 Å². The maximum Gasteiger partial charge on any atom is 0.0521 e. The zero-order valence-corrected chi connectivity index (χ0v) is 10.4. The maximum absolute atomic E-state index is 10.6. The molecule has 1 atom stereocenters. The van der Waals surface area contributed by atoms with Gasteiger partial charge in [0.15, 0.2) is 0 Å². The second kappa shape index (κ2) is 4.54. The molecule has 4 heteroatoms. The van der Waals surface area contributed by atoms with Gasteiger partial charge in [-0.15, -0.1) is 23.5 Å². The first kappa shape index (κ1) is 11.2. The van der Waals surface area contributed by atoms with E-state index in [1.54, 1.807) is 0 Å². The van der Waals surface area contributed by atoms with Crippen molar-refractivity contribution in [3.05, 3.63) is 0 Å². The van der Waals surface area contributed by atoms with E-state index >= 15 is 0 Å². The van der Waals surface area contributed by atoms with Gasteiger partial charge < -0.3 is 4.89 Å². The van der Waals surface area contributed by atoms with Gasteiger partial charge in [-0.1, -0.05) is 20.8 Å². The van der Waals surface area contributed by atoms with Crippen LogP contribution in [0, 0.1) is 11.3 Å². The van der Waals surface area contributed by atoms with Crippen molar-refractivity contribution >= 4 is 32.3 Å². The molecule has 1 nitrogen and oxygen atoms in total. The molecular weight excluding hydrogens is 207 g/mol. The Kier molecular flexibility index (Phi) is 4.23. The number of hydrogen-bond donors (Lipinski definition) is 0. The first-order valence-electron chi connectivity index (χ1n) is 4.15. The van der Waals surface area contributed by atoms with Crippen LogP contribution in [0.2, 0.25) is 0 Å². The summed E-state index contributed by atoms with van der Waals surface area (Å²) in [6.45, 7) is 6.87. The highest BCUT2D eigenvalue weighted by Gasteiger charge is 2.29. The number of rotatable bonds is 1. The lowest BCUT2D eigenvalue weighted by Gasteiger charge is -2.37.